The van der Waals surface area contributed by atoms with Gasteiger partial charge in [-0.3, -0.25) is 9.36 Å². The maximum absolute atomic E-state index is 12.9. The van der Waals surface area contributed by atoms with E-state index in [4.69, 9.17) is 4.98 Å². The summed E-state index contributed by atoms with van der Waals surface area (Å²) in [6.45, 7) is 5.96. The van der Waals surface area contributed by atoms with E-state index in [0.29, 0.717) is 17.6 Å². The average Bonchev–Trinajstić information content (AvgIpc) is 2.98. The maximum atomic E-state index is 12.9. The summed E-state index contributed by atoms with van der Waals surface area (Å²) in [5, 5.41) is 10.7. The first-order valence-electron chi connectivity index (χ1n) is 10.3. The van der Waals surface area contributed by atoms with Gasteiger partial charge in [0.05, 0.1) is 0 Å². The molecule has 2 aromatic rings. The van der Waals surface area contributed by atoms with Gasteiger partial charge in [-0.05, 0) is 61.6 Å². The third-order valence-electron chi connectivity index (χ3n) is 6.81. The lowest BCUT2D eigenvalue weighted by atomic mass is 9.64. The Morgan fingerprint density at radius 3 is 3.07 bits per heavy atom. The fourth-order valence-electron chi connectivity index (χ4n) is 5.25. The van der Waals surface area contributed by atoms with Crippen LogP contribution in [0.4, 0.5) is 0 Å². The number of thioether (sulfide) groups is 1. The molecule has 5 rings (SSSR count). The number of phenols is 1. The second-order valence-electron chi connectivity index (χ2n) is 8.49. The summed E-state index contributed by atoms with van der Waals surface area (Å²) in [4.78, 5) is 20.1. The summed E-state index contributed by atoms with van der Waals surface area (Å²) in [6.07, 6.45) is 3.05. The van der Waals surface area contributed by atoms with Gasteiger partial charge in [-0.1, -0.05) is 23.9 Å². The molecule has 1 saturated heterocycles. The number of benzene rings is 1. The Morgan fingerprint density at radius 2 is 2.21 bits per heavy atom. The molecule has 2 aliphatic heterocycles. The van der Waals surface area contributed by atoms with Crippen LogP contribution in [0.25, 0.3) is 0 Å². The number of hydrogen-bond donors (Lipinski definition) is 1. The fraction of sp³-hybridized carbons (Fsp3) is 0.545. The minimum atomic E-state index is 0.175. The Hall–Kier alpha value is -1.79. The van der Waals surface area contributed by atoms with Crippen LogP contribution in [0.3, 0.4) is 0 Å². The van der Waals surface area contributed by atoms with Crippen molar-refractivity contribution >= 4 is 11.8 Å². The van der Waals surface area contributed by atoms with Gasteiger partial charge >= 0.3 is 0 Å². The number of aryl methyl sites for hydroxylation is 1. The van der Waals surface area contributed by atoms with Crippen molar-refractivity contribution in [2.75, 3.05) is 25.4 Å². The first-order valence-corrected chi connectivity index (χ1v) is 11.3. The fourth-order valence-corrected chi connectivity index (χ4v) is 6.23. The minimum absolute atomic E-state index is 0.175. The van der Waals surface area contributed by atoms with Gasteiger partial charge in [-0.2, -0.15) is 0 Å². The molecule has 6 heteroatoms. The van der Waals surface area contributed by atoms with E-state index >= 15 is 0 Å². The first-order chi connectivity index (χ1) is 13.6. The summed E-state index contributed by atoms with van der Waals surface area (Å²) in [7, 11) is 0. The second-order valence-corrected chi connectivity index (χ2v) is 9.55. The third-order valence-corrected chi connectivity index (χ3v) is 7.87. The number of rotatable bonds is 4. The van der Waals surface area contributed by atoms with Crippen molar-refractivity contribution in [2.24, 2.45) is 11.8 Å². The minimum Gasteiger partial charge on any atom is -0.508 e. The van der Waals surface area contributed by atoms with Gasteiger partial charge < -0.3 is 10.0 Å². The number of phenolic OH excluding ortho intramolecular Hbond substituents is 1. The van der Waals surface area contributed by atoms with E-state index in [1.54, 1.807) is 17.8 Å². The predicted molar refractivity (Wildman–Crippen MR) is 111 cm³/mol. The zero-order valence-electron chi connectivity index (χ0n) is 16.3. The summed E-state index contributed by atoms with van der Waals surface area (Å²) < 4.78 is 1.88. The predicted octanol–water partition coefficient (Wildman–Crippen LogP) is 3.03. The molecule has 0 spiro atoms. The van der Waals surface area contributed by atoms with Crippen LogP contribution in [0.2, 0.25) is 0 Å². The molecule has 148 valence electrons. The Bertz CT molecular complexity index is 957. The molecule has 2 fully saturated rings. The van der Waals surface area contributed by atoms with Crippen LogP contribution >= 0.6 is 11.8 Å². The summed E-state index contributed by atoms with van der Waals surface area (Å²) >= 11 is 1.70. The molecule has 1 N–H and O–H groups in total. The largest absolute Gasteiger partial charge is 0.508 e. The van der Waals surface area contributed by atoms with E-state index in [0.717, 1.165) is 67.1 Å². The average molecular weight is 398 g/mol. The zero-order valence-corrected chi connectivity index (χ0v) is 17.1. The standard InChI is InChI=1S/C22H27N3O2S/c1-14-18(21(27)25-7-3-9-28-22(25)23-14)6-8-24-12-16-11-19(20(16)13-24)15-4-2-5-17(26)10-15/h2,4-5,10,16,19-20,26H,3,6-9,11-13H2,1H3. The van der Waals surface area contributed by atoms with Crippen LogP contribution in [0.15, 0.2) is 34.2 Å². The number of likely N-dealkylation sites (tertiary alicyclic amines) is 1. The quantitative estimate of drug-likeness (QED) is 0.804. The van der Waals surface area contributed by atoms with Crippen molar-refractivity contribution in [3.63, 3.8) is 0 Å². The van der Waals surface area contributed by atoms with Crippen LogP contribution in [0.5, 0.6) is 5.75 Å². The number of hydrogen-bond acceptors (Lipinski definition) is 5. The van der Waals surface area contributed by atoms with Crippen molar-refractivity contribution in [1.29, 1.82) is 0 Å². The molecular formula is C22H27N3O2S. The Morgan fingerprint density at radius 1 is 1.32 bits per heavy atom. The van der Waals surface area contributed by atoms with Gasteiger partial charge in [0, 0.05) is 43.2 Å². The molecule has 28 heavy (non-hydrogen) atoms. The Kier molecular flexibility index (Phi) is 4.71. The molecule has 0 amide bonds. The van der Waals surface area contributed by atoms with Crippen LogP contribution < -0.4 is 5.56 Å². The van der Waals surface area contributed by atoms with Crippen LogP contribution in [0, 0.1) is 18.8 Å². The molecule has 5 nitrogen and oxygen atoms in total. The lowest BCUT2D eigenvalue weighted by Gasteiger charge is -2.40. The highest BCUT2D eigenvalue weighted by atomic mass is 32.2. The van der Waals surface area contributed by atoms with Gasteiger partial charge in [-0.25, -0.2) is 4.98 Å². The van der Waals surface area contributed by atoms with Crippen molar-refractivity contribution in [3.8, 4) is 5.75 Å². The monoisotopic (exact) mass is 397 g/mol. The van der Waals surface area contributed by atoms with E-state index in [-0.39, 0.29) is 5.56 Å². The van der Waals surface area contributed by atoms with Crippen molar-refractivity contribution in [3.05, 3.63) is 51.4 Å². The van der Waals surface area contributed by atoms with Crippen molar-refractivity contribution < 1.29 is 5.11 Å². The van der Waals surface area contributed by atoms with Crippen LogP contribution in [-0.2, 0) is 13.0 Å². The SMILES string of the molecule is Cc1nc2n(c(=O)c1CCN1CC3CC(c4cccc(O)c4)C3C1)CCCS2. The summed E-state index contributed by atoms with van der Waals surface area (Å²) in [6, 6.07) is 7.75. The lowest BCUT2D eigenvalue weighted by Crippen LogP contribution is -2.33. The van der Waals surface area contributed by atoms with E-state index in [9.17, 15) is 9.90 Å². The molecule has 1 aliphatic carbocycles. The summed E-state index contributed by atoms with van der Waals surface area (Å²) in [5.41, 5.74) is 3.25. The Balaban J connectivity index is 1.25. The molecule has 0 bridgehead atoms. The van der Waals surface area contributed by atoms with Gasteiger partial charge in [0.1, 0.15) is 5.75 Å². The van der Waals surface area contributed by atoms with Gasteiger partial charge in [0.15, 0.2) is 5.16 Å². The molecule has 3 heterocycles. The zero-order chi connectivity index (χ0) is 19.3. The smallest absolute Gasteiger partial charge is 0.257 e. The molecule has 0 radical (unpaired) electrons. The molecule has 1 aromatic carbocycles. The van der Waals surface area contributed by atoms with E-state index in [1.807, 2.05) is 23.6 Å². The molecule has 1 saturated carbocycles. The molecule has 3 atom stereocenters. The first kappa shape index (κ1) is 18.3. The van der Waals surface area contributed by atoms with E-state index in [1.165, 1.54) is 12.0 Å². The summed E-state index contributed by atoms with van der Waals surface area (Å²) in [5.74, 6) is 3.43. The maximum Gasteiger partial charge on any atom is 0.257 e. The molecular weight excluding hydrogens is 370 g/mol. The number of nitrogens with zero attached hydrogens (tertiary/aromatic N) is 3. The van der Waals surface area contributed by atoms with Gasteiger partial charge in [0.25, 0.3) is 5.56 Å². The number of fused-ring (bicyclic) bond motifs is 2. The van der Waals surface area contributed by atoms with Gasteiger partial charge in [-0.15, -0.1) is 0 Å². The second kappa shape index (κ2) is 7.23. The van der Waals surface area contributed by atoms with Crippen LogP contribution in [-0.4, -0.2) is 44.9 Å². The van der Waals surface area contributed by atoms with Crippen molar-refractivity contribution in [2.45, 2.75) is 43.8 Å². The highest BCUT2D eigenvalue weighted by Gasteiger charge is 2.47. The van der Waals surface area contributed by atoms with E-state index in [2.05, 4.69) is 11.0 Å². The number of aromatic nitrogens is 2. The lowest BCUT2D eigenvalue weighted by molar-refractivity contribution is 0.190. The van der Waals surface area contributed by atoms with Crippen LogP contribution in [0.1, 0.15) is 35.6 Å². The third kappa shape index (κ3) is 3.16. The normalized spacial score (nSPS) is 26.5. The molecule has 3 aliphatic rings. The van der Waals surface area contributed by atoms with E-state index < -0.39 is 0 Å². The highest BCUT2D eigenvalue weighted by Crippen LogP contribution is 2.51. The molecule has 3 unspecified atom stereocenters. The molecule has 1 aromatic heterocycles. The van der Waals surface area contributed by atoms with Gasteiger partial charge in [0.2, 0.25) is 0 Å². The Labute approximate surface area is 169 Å². The topological polar surface area (TPSA) is 58.4 Å². The number of aromatic hydroxyl groups is 1. The highest BCUT2D eigenvalue weighted by molar-refractivity contribution is 7.99. The van der Waals surface area contributed by atoms with Crippen molar-refractivity contribution in [1.82, 2.24) is 14.5 Å².